The molecule has 0 saturated carbocycles. The van der Waals surface area contributed by atoms with Crippen LogP contribution >= 0.6 is 0 Å². The highest BCUT2D eigenvalue weighted by Crippen LogP contribution is 2.36. The SMILES string of the molecule is COc1ccc(-c2ccc(C#Cc3ccc(OC)c(O)c3)cc2OC)c(/C=C/c2ccc(F)c(S(=O)c3ccc(C)cc3)c2)c1. The highest BCUT2D eigenvalue weighted by atomic mass is 32.2. The van der Waals surface area contributed by atoms with Gasteiger partial charge in [0.25, 0.3) is 0 Å². The van der Waals surface area contributed by atoms with Gasteiger partial charge >= 0.3 is 0 Å². The van der Waals surface area contributed by atoms with Crippen molar-refractivity contribution in [1.82, 2.24) is 0 Å². The van der Waals surface area contributed by atoms with Crippen molar-refractivity contribution in [1.29, 1.82) is 0 Å². The lowest BCUT2D eigenvalue weighted by molar-refractivity contribution is 0.373. The van der Waals surface area contributed by atoms with E-state index in [1.807, 2.05) is 67.6 Å². The lowest BCUT2D eigenvalue weighted by atomic mass is 9.96. The molecule has 0 spiro atoms. The number of benzene rings is 5. The molecule has 0 amide bonds. The minimum absolute atomic E-state index is 0.0220. The zero-order valence-electron chi connectivity index (χ0n) is 25.3. The molecular formula is C38H31FO5S. The fraction of sp³-hybridized carbons (Fsp3) is 0.105. The Balaban J connectivity index is 1.47. The van der Waals surface area contributed by atoms with Crippen molar-refractivity contribution in [3.63, 3.8) is 0 Å². The first-order valence-corrected chi connectivity index (χ1v) is 15.2. The standard InChI is InChI=1S/C38H31FO5S/c1-25-5-15-31(16-6-25)45(41)38-23-28(11-19-34(38)39)9-13-29-24-30(42-2)14-18-32(29)33-17-10-27(22-37(33)44-4)8-7-26-12-20-36(43-3)35(40)21-26/h5-6,9-24,40H,1-4H3/b13-9+. The van der Waals surface area contributed by atoms with Crippen LogP contribution in [0.25, 0.3) is 23.3 Å². The van der Waals surface area contributed by atoms with E-state index in [9.17, 15) is 13.7 Å². The predicted molar refractivity (Wildman–Crippen MR) is 177 cm³/mol. The summed E-state index contributed by atoms with van der Waals surface area (Å²) in [4.78, 5) is 0.660. The van der Waals surface area contributed by atoms with Gasteiger partial charge in [-0.1, -0.05) is 47.8 Å². The van der Waals surface area contributed by atoms with Crippen LogP contribution in [0.1, 0.15) is 27.8 Å². The third-order valence-corrected chi connectivity index (χ3v) is 8.54. The molecule has 226 valence electrons. The molecule has 5 aromatic rings. The van der Waals surface area contributed by atoms with Gasteiger partial charge in [-0.25, -0.2) is 8.60 Å². The molecule has 0 bridgehead atoms. The average molecular weight is 619 g/mol. The second kappa shape index (κ2) is 14.0. The zero-order valence-corrected chi connectivity index (χ0v) is 26.1. The molecule has 1 atom stereocenters. The van der Waals surface area contributed by atoms with Crippen molar-refractivity contribution in [2.45, 2.75) is 16.7 Å². The van der Waals surface area contributed by atoms with E-state index in [0.29, 0.717) is 33.3 Å². The van der Waals surface area contributed by atoms with Crippen LogP contribution in [0.5, 0.6) is 23.0 Å². The maximum absolute atomic E-state index is 14.8. The van der Waals surface area contributed by atoms with E-state index in [0.717, 1.165) is 27.8 Å². The number of phenolic OH excluding ortho intramolecular Hbond substituents is 1. The Morgan fingerprint density at radius 1 is 0.711 bits per heavy atom. The quantitative estimate of drug-likeness (QED) is 0.140. The molecule has 0 aliphatic carbocycles. The van der Waals surface area contributed by atoms with Crippen LogP contribution in [0.2, 0.25) is 0 Å². The second-order valence-electron chi connectivity index (χ2n) is 10.1. The molecular weight excluding hydrogens is 587 g/mol. The summed E-state index contributed by atoms with van der Waals surface area (Å²) in [6.45, 7) is 1.95. The van der Waals surface area contributed by atoms with Crippen molar-refractivity contribution in [2.75, 3.05) is 21.3 Å². The first-order valence-electron chi connectivity index (χ1n) is 14.0. The normalized spacial score (nSPS) is 11.5. The highest BCUT2D eigenvalue weighted by Gasteiger charge is 2.14. The van der Waals surface area contributed by atoms with Gasteiger partial charge in [-0.05, 0) is 102 Å². The largest absolute Gasteiger partial charge is 0.504 e. The summed E-state index contributed by atoms with van der Waals surface area (Å²) in [6, 6.07) is 28.2. The van der Waals surface area contributed by atoms with E-state index in [2.05, 4.69) is 11.8 Å². The van der Waals surface area contributed by atoms with Gasteiger partial charge in [0.05, 0.1) is 37.0 Å². The Hall–Kier alpha value is -5.32. The first kappa shape index (κ1) is 31.1. The maximum Gasteiger partial charge on any atom is 0.160 e. The van der Waals surface area contributed by atoms with Crippen molar-refractivity contribution in [2.24, 2.45) is 0 Å². The van der Waals surface area contributed by atoms with E-state index in [1.54, 1.807) is 56.7 Å². The van der Waals surface area contributed by atoms with Gasteiger partial charge in [0.2, 0.25) is 0 Å². The number of methoxy groups -OCH3 is 3. The Labute approximate surface area is 265 Å². The van der Waals surface area contributed by atoms with Crippen LogP contribution in [0.15, 0.2) is 107 Å². The number of aryl methyl sites for hydroxylation is 1. The Morgan fingerprint density at radius 2 is 1.40 bits per heavy atom. The second-order valence-corrected chi connectivity index (χ2v) is 11.6. The van der Waals surface area contributed by atoms with Gasteiger partial charge in [0.15, 0.2) is 11.5 Å². The minimum Gasteiger partial charge on any atom is -0.504 e. The van der Waals surface area contributed by atoms with E-state index in [4.69, 9.17) is 14.2 Å². The lowest BCUT2D eigenvalue weighted by Crippen LogP contribution is -1.97. The first-order chi connectivity index (χ1) is 21.8. The molecule has 0 fully saturated rings. The minimum atomic E-state index is -1.66. The van der Waals surface area contributed by atoms with Crippen LogP contribution in [-0.4, -0.2) is 30.6 Å². The number of ether oxygens (including phenoxy) is 3. The molecule has 5 nitrogen and oxygen atoms in total. The summed E-state index contributed by atoms with van der Waals surface area (Å²) < 4.78 is 44.3. The monoisotopic (exact) mass is 618 g/mol. The molecule has 0 saturated heterocycles. The predicted octanol–water partition coefficient (Wildman–Crippen LogP) is 8.27. The number of hydrogen-bond acceptors (Lipinski definition) is 5. The number of phenols is 1. The van der Waals surface area contributed by atoms with Gasteiger partial charge in [0.1, 0.15) is 17.3 Å². The van der Waals surface area contributed by atoms with Crippen LogP contribution in [0.4, 0.5) is 4.39 Å². The van der Waals surface area contributed by atoms with Crippen molar-refractivity contribution >= 4 is 23.0 Å². The molecule has 5 rings (SSSR count). The number of aromatic hydroxyl groups is 1. The van der Waals surface area contributed by atoms with Gasteiger partial charge < -0.3 is 19.3 Å². The zero-order chi connectivity index (χ0) is 31.9. The van der Waals surface area contributed by atoms with Crippen molar-refractivity contribution < 1.29 is 27.9 Å². The molecule has 5 aromatic carbocycles. The molecule has 0 aliphatic rings. The molecule has 1 N–H and O–H groups in total. The molecule has 1 unspecified atom stereocenters. The summed E-state index contributed by atoms with van der Waals surface area (Å²) >= 11 is 0. The Morgan fingerprint density at radius 3 is 2.09 bits per heavy atom. The Kier molecular flexibility index (Phi) is 9.67. The third-order valence-electron chi connectivity index (χ3n) is 7.13. The summed E-state index contributed by atoms with van der Waals surface area (Å²) in [5, 5.41) is 10.1. The van der Waals surface area contributed by atoms with Crippen LogP contribution < -0.4 is 14.2 Å². The van der Waals surface area contributed by atoms with Crippen LogP contribution in [0.3, 0.4) is 0 Å². The van der Waals surface area contributed by atoms with Crippen LogP contribution in [-0.2, 0) is 10.8 Å². The van der Waals surface area contributed by atoms with Gasteiger partial charge in [-0.15, -0.1) is 0 Å². The van der Waals surface area contributed by atoms with Gasteiger partial charge in [-0.2, -0.15) is 0 Å². The molecule has 0 radical (unpaired) electrons. The number of halogens is 1. The summed E-state index contributed by atoms with van der Waals surface area (Å²) in [6.07, 6.45) is 3.76. The molecule has 7 heteroatoms. The lowest BCUT2D eigenvalue weighted by Gasteiger charge is -2.13. The van der Waals surface area contributed by atoms with E-state index < -0.39 is 16.6 Å². The molecule has 0 aromatic heterocycles. The molecule has 0 aliphatic heterocycles. The van der Waals surface area contributed by atoms with E-state index >= 15 is 0 Å². The summed E-state index contributed by atoms with van der Waals surface area (Å²) in [5.41, 5.74) is 5.67. The summed E-state index contributed by atoms with van der Waals surface area (Å²) in [7, 11) is 3.04. The van der Waals surface area contributed by atoms with E-state index in [-0.39, 0.29) is 10.6 Å². The van der Waals surface area contributed by atoms with Crippen molar-refractivity contribution in [3.8, 4) is 46.0 Å². The number of hydrogen-bond donors (Lipinski definition) is 1. The van der Waals surface area contributed by atoms with Gasteiger partial charge in [-0.3, -0.25) is 0 Å². The number of rotatable bonds is 8. The smallest absolute Gasteiger partial charge is 0.160 e. The maximum atomic E-state index is 14.8. The van der Waals surface area contributed by atoms with Crippen molar-refractivity contribution in [3.05, 3.63) is 131 Å². The fourth-order valence-corrected chi connectivity index (χ4v) is 5.82. The van der Waals surface area contributed by atoms with E-state index in [1.165, 1.54) is 13.2 Å². The average Bonchev–Trinajstić information content (AvgIpc) is 3.06. The topological polar surface area (TPSA) is 65.0 Å². The van der Waals surface area contributed by atoms with Gasteiger partial charge in [0, 0.05) is 21.6 Å². The highest BCUT2D eigenvalue weighted by molar-refractivity contribution is 7.85. The molecule has 0 heterocycles. The fourth-order valence-electron chi connectivity index (χ4n) is 4.70. The third kappa shape index (κ3) is 7.26. The van der Waals surface area contributed by atoms with Crippen LogP contribution in [0, 0.1) is 24.6 Å². The molecule has 45 heavy (non-hydrogen) atoms. The summed E-state index contributed by atoms with van der Waals surface area (Å²) in [5.74, 6) is 7.35. The Bertz CT molecular complexity index is 1970.